The molecular formula is C15H32Fe. The van der Waals surface area contributed by atoms with Crippen molar-refractivity contribution in [3.05, 3.63) is 0 Å². The molecule has 0 saturated heterocycles. The molecule has 2 aliphatic rings. The summed E-state index contributed by atoms with van der Waals surface area (Å²) in [6, 6.07) is 0. The van der Waals surface area contributed by atoms with Crippen molar-refractivity contribution in [1.29, 1.82) is 0 Å². The second-order valence-corrected chi connectivity index (χ2v) is 5.06. The molecule has 0 radical (unpaired) electrons. The molecule has 0 aromatic rings. The van der Waals surface area contributed by atoms with Crippen LogP contribution >= 0.6 is 0 Å². The maximum Gasteiger partial charge on any atom is 0 e. The van der Waals surface area contributed by atoms with Crippen LogP contribution in [0, 0.1) is 11.8 Å². The third-order valence-corrected chi connectivity index (χ3v) is 3.59. The molecule has 0 atom stereocenters. The van der Waals surface area contributed by atoms with Crippen molar-refractivity contribution < 1.29 is 17.1 Å². The summed E-state index contributed by atoms with van der Waals surface area (Å²) >= 11 is 0. The van der Waals surface area contributed by atoms with E-state index in [1.165, 1.54) is 57.8 Å². The van der Waals surface area contributed by atoms with Crippen LogP contribution in [0.4, 0.5) is 0 Å². The van der Waals surface area contributed by atoms with Gasteiger partial charge in [0.1, 0.15) is 0 Å². The van der Waals surface area contributed by atoms with Crippen LogP contribution in [0.5, 0.6) is 0 Å². The van der Waals surface area contributed by atoms with Gasteiger partial charge in [-0.15, -0.1) is 0 Å². The Balaban J connectivity index is 0. The first-order valence-electron chi connectivity index (χ1n) is 7.30. The Morgan fingerprint density at radius 1 is 0.688 bits per heavy atom. The van der Waals surface area contributed by atoms with Crippen molar-refractivity contribution in [3.63, 3.8) is 0 Å². The summed E-state index contributed by atoms with van der Waals surface area (Å²) in [4.78, 5) is 0. The minimum Gasteiger partial charge on any atom is -0.0683 e. The third-order valence-electron chi connectivity index (χ3n) is 3.59. The van der Waals surface area contributed by atoms with Crippen LogP contribution in [-0.4, -0.2) is 0 Å². The molecule has 2 fully saturated rings. The van der Waals surface area contributed by atoms with Crippen LogP contribution in [0.1, 0.15) is 85.5 Å². The molecule has 2 saturated carbocycles. The zero-order valence-electron chi connectivity index (χ0n) is 11.9. The van der Waals surface area contributed by atoms with Crippen LogP contribution in [0.15, 0.2) is 0 Å². The Hall–Kier alpha value is 0.519. The first-order valence-corrected chi connectivity index (χ1v) is 7.30. The minimum atomic E-state index is 0. The Labute approximate surface area is 114 Å². The first kappa shape index (κ1) is 18.9. The fourth-order valence-corrected chi connectivity index (χ4v) is 2.51. The SMILES string of the molecule is C1CCCC1.CC.CC(C)C1CCCC1.[Fe]. The molecule has 0 aliphatic heterocycles. The van der Waals surface area contributed by atoms with Crippen molar-refractivity contribution in [2.45, 2.75) is 85.5 Å². The van der Waals surface area contributed by atoms with Crippen LogP contribution in [0.25, 0.3) is 0 Å². The molecule has 0 aromatic heterocycles. The van der Waals surface area contributed by atoms with E-state index in [9.17, 15) is 0 Å². The van der Waals surface area contributed by atoms with Gasteiger partial charge in [0.2, 0.25) is 0 Å². The predicted octanol–water partition coefficient (Wildman–Crippen LogP) is 5.81. The van der Waals surface area contributed by atoms with E-state index >= 15 is 0 Å². The predicted molar refractivity (Wildman–Crippen MR) is 71.2 cm³/mol. The van der Waals surface area contributed by atoms with Gasteiger partial charge in [-0.1, -0.05) is 85.5 Å². The zero-order valence-corrected chi connectivity index (χ0v) is 13.0. The molecule has 0 heterocycles. The van der Waals surface area contributed by atoms with Crippen LogP contribution in [0.3, 0.4) is 0 Å². The Kier molecular flexibility index (Phi) is 16.0. The van der Waals surface area contributed by atoms with Gasteiger partial charge < -0.3 is 0 Å². The Bertz CT molecular complexity index is 103. The molecule has 0 bridgehead atoms. The van der Waals surface area contributed by atoms with Crippen LogP contribution < -0.4 is 0 Å². The third kappa shape index (κ3) is 9.72. The van der Waals surface area contributed by atoms with Crippen molar-refractivity contribution in [3.8, 4) is 0 Å². The summed E-state index contributed by atoms with van der Waals surface area (Å²) in [6.45, 7) is 8.69. The standard InChI is InChI=1S/C8H16.C5H10.C2H6.Fe/c1-7(2)8-5-3-4-6-8;1-2-4-5-3-1;1-2;/h7-8H,3-6H2,1-2H3;1-5H2;1-2H3;. The van der Waals surface area contributed by atoms with E-state index in [2.05, 4.69) is 13.8 Å². The molecule has 1 heteroatoms. The molecule has 0 spiro atoms. The average molecular weight is 268 g/mol. The molecule has 2 rings (SSSR count). The van der Waals surface area contributed by atoms with Gasteiger partial charge in [0.25, 0.3) is 0 Å². The van der Waals surface area contributed by atoms with E-state index in [4.69, 9.17) is 0 Å². The molecular weight excluding hydrogens is 236 g/mol. The maximum atomic E-state index is 2.34. The van der Waals surface area contributed by atoms with E-state index in [1.54, 1.807) is 0 Å². The van der Waals surface area contributed by atoms with Crippen molar-refractivity contribution in [1.82, 2.24) is 0 Å². The summed E-state index contributed by atoms with van der Waals surface area (Å²) in [5.74, 6) is 2.01. The van der Waals surface area contributed by atoms with E-state index < -0.39 is 0 Å². The Morgan fingerprint density at radius 3 is 1.19 bits per heavy atom. The van der Waals surface area contributed by atoms with Gasteiger partial charge in [-0.2, -0.15) is 0 Å². The van der Waals surface area contributed by atoms with Gasteiger partial charge in [0, 0.05) is 17.1 Å². The maximum absolute atomic E-state index is 2.34. The van der Waals surface area contributed by atoms with E-state index in [0.29, 0.717) is 0 Å². The number of rotatable bonds is 1. The summed E-state index contributed by atoms with van der Waals surface area (Å²) < 4.78 is 0. The van der Waals surface area contributed by atoms with Gasteiger partial charge in [0.15, 0.2) is 0 Å². The van der Waals surface area contributed by atoms with Gasteiger partial charge in [-0.05, 0) is 11.8 Å². The molecule has 0 aromatic carbocycles. The van der Waals surface area contributed by atoms with Gasteiger partial charge >= 0.3 is 0 Å². The normalized spacial score (nSPS) is 19.3. The quantitative estimate of drug-likeness (QED) is 0.527. The molecule has 16 heavy (non-hydrogen) atoms. The molecule has 100 valence electrons. The van der Waals surface area contributed by atoms with Crippen LogP contribution in [0.2, 0.25) is 0 Å². The van der Waals surface area contributed by atoms with Crippen molar-refractivity contribution >= 4 is 0 Å². The summed E-state index contributed by atoms with van der Waals surface area (Å²) in [7, 11) is 0. The second kappa shape index (κ2) is 13.6. The summed E-state index contributed by atoms with van der Waals surface area (Å²) in [5, 5.41) is 0. The molecule has 0 nitrogen and oxygen atoms in total. The average Bonchev–Trinajstić information content (AvgIpc) is 2.97. The number of hydrogen-bond donors (Lipinski definition) is 0. The minimum absolute atomic E-state index is 0. The smallest absolute Gasteiger partial charge is 0 e. The van der Waals surface area contributed by atoms with E-state index in [-0.39, 0.29) is 17.1 Å². The van der Waals surface area contributed by atoms with Crippen molar-refractivity contribution in [2.24, 2.45) is 11.8 Å². The Morgan fingerprint density at radius 2 is 1.00 bits per heavy atom. The largest absolute Gasteiger partial charge is 0.0683 e. The fraction of sp³-hybridized carbons (Fsp3) is 1.00. The van der Waals surface area contributed by atoms with Gasteiger partial charge in [-0.3, -0.25) is 0 Å². The molecule has 0 amide bonds. The summed E-state index contributed by atoms with van der Waals surface area (Å²) in [5.41, 5.74) is 0. The topological polar surface area (TPSA) is 0 Å². The fourth-order valence-electron chi connectivity index (χ4n) is 2.51. The van der Waals surface area contributed by atoms with E-state index in [0.717, 1.165) is 11.8 Å². The molecule has 2 aliphatic carbocycles. The molecule has 0 N–H and O–H groups in total. The monoisotopic (exact) mass is 268 g/mol. The zero-order chi connectivity index (χ0) is 11.5. The molecule has 0 unspecified atom stereocenters. The van der Waals surface area contributed by atoms with Crippen molar-refractivity contribution in [2.75, 3.05) is 0 Å². The summed E-state index contributed by atoms with van der Waals surface area (Å²) in [6.07, 6.45) is 13.5. The second-order valence-electron chi connectivity index (χ2n) is 5.06. The first-order chi connectivity index (χ1) is 7.30. The van der Waals surface area contributed by atoms with Gasteiger partial charge in [-0.25, -0.2) is 0 Å². The van der Waals surface area contributed by atoms with Gasteiger partial charge in [0.05, 0.1) is 0 Å². The number of hydrogen-bond acceptors (Lipinski definition) is 0. The van der Waals surface area contributed by atoms with Crippen LogP contribution in [-0.2, 0) is 17.1 Å². The van der Waals surface area contributed by atoms with E-state index in [1.807, 2.05) is 13.8 Å².